The van der Waals surface area contributed by atoms with Crippen LogP contribution in [0.1, 0.15) is 39.0 Å². The van der Waals surface area contributed by atoms with Crippen molar-refractivity contribution >= 4 is 17.4 Å². The van der Waals surface area contributed by atoms with E-state index in [1.165, 1.54) is 0 Å². The third kappa shape index (κ3) is 8.49. The van der Waals surface area contributed by atoms with Gasteiger partial charge in [0.1, 0.15) is 0 Å². The Morgan fingerprint density at radius 1 is 1.40 bits per heavy atom. The molecule has 1 N–H and O–H groups in total. The van der Waals surface area contributed by atoms with E-state index in [1.807, 2.05) is 0 Å². The van der Waals surface area contributed by atoms with Gasteiger partial charge >= 0.3 is 0 Å². The summed E-state index contributed by atoms with van der Waals surface area (Å²) in [4.78, 5) is 0. The third-order valence-corrected chi connectivity index (χ3v) is 1.41. The molecule has 1 atom stereocenters. The molecule has 2 heteroatoms. The van der Waals surface area contributed by atoms with E-state index in [0.29, 0.717) is 0 Å². The lowest BCUT2D eigenvalue weighted by Gasteiger charge is -2.06. The standard InChI is InChI=1S/C8H17O.Al.3H/c1-3-5-7-8(9)6-4-2;;;;/h8-9H,1,3-7H2,2H3;;;;. The summed E-state index contributed by atoms with van der Waals surface area (Å²) in [6.45, 7) is 5.80. The second kappa shape index (κ2) is 9.49. The smallest absolute Gasteiger partial charge is 0.187 e. The lowest BCUT2D eigenvalue weighted by molar-refractivity contribution is 0.151. The molecule has 0 spiro atoms. The van der Waals surface area contributed by atoms with E-state index in [-0.39, 0.29) is 23.5 Å². The van der Waals surface area contributed by atoms with Crippen LogP contribution in [0.5, 0.6) is 0 Å². The topological polar surface area (TPSA) is 20.2 Å². The Bertz CT molecular complexity index is 57.2. The highest BCUT2D eigenvalue weighted by Gasteiger charge is 1.99. The summed E-state index contributed by atoms with van der Waals surface area (Å²) in [6.07, 6.45) is 4.88. The highest BCUT2D eigenvalue weighted by Crippen LogP contribution is 2.04. The third-order valence-electron chi connectivity index (χ3n) is 1.41. The molecule has 10 heavy (non-hydrogen) atoms. The average molecular weight is 159 g/mol. The highest BCUT2D eigenvalue weighted by molar-refractivity contribution is 5.75. The number of unbranched alkanes of at least 4 members (excludes halogenated alkanes) is 1. The van der Waals surface area contributed by atoms with Gasteiger partial charge in [-0.1, -0.05) is 33.1 Å². The Balaban J connectivity index is 0. The number of aliphatic hydroxyl groups excluding tert-OH is 1. The lowest BCUT2D eigenvalue weighted by Crippen LogP contribution is -2.04. The van der Waals surface area contributed by atoms with Crippen molar-refractivity contribution in [3.05, 3.63) is 6.92 Å². The van der Waals surface area contributed by atoms with Gasteiger partial charge < -0.3 is 5.11 Å². The molecule has 0 saturated heterocycles. The van der Waals surface area contributed by atoms with Crippen LogP contribution >= 0.6 is 0 Å². The fourth-order valence-corrected chi connectivity index (χ4v) is 0.858. The van der Waals surface area contributed by atoms with E-state index >= 15 is 0 Å². The molecule has 1 nitrogen and oxygen atoms in total. The fourth-order valence-electron chi connectivity index (χ4n) is 0.858. The summed E-state index contributed by atoms with van der Waals surface area (Å²) >= 11 is 0. The Hall–Kier alpha value is 0.492. The van der Waals surface area contributed by atoms with Gasteiger partial charge in [-0.05, 0) is 12.8 Å². The molecular formula is C8H20AlO. The van der Waals surface area contributed by atoms with Crippen LogP contribution in [-0.4, -0.2) is 28.6 Å². The first-order chi connectivity index (χ1) is 4.31. The van der Waals surface area contributed by atoms with Gasteiger partial charge in [0.25, 0.3) is 0 Å². The molecule has 0 fully saturated rings. The molecule has 0 aliphatic carbocycles. The van der Waals surface area contributed by atoms with Gasteiger partial charge in [0.2, 0.25) is 0 Å². The molecule has 0 amide bonds. The number of aliphatic hydroxyl groups is 1. The van der Waals surface area contributed by atoms with Crippen LogP contribution in [0.2, 0.25) is 0 Å². The van der Waals surface area contributed by atoms with Crippen LogP contribution in [-0.2, 0) is 0 Å². The second-order valence-corrected chi connectivity index (χ2v) is 2.44. The summed E-state index contributed by atoms with van der Waals surface area (Å²) in [6, 6.07) is 0. The van der Waals surface area contributed by atoms with Crippen molar-refractivity contribution in [3.8, 4) is 0 Å². The Kier molecular flexibility index (Phi) is 12.4. The zero-order valence-corrected chi connectivity index (χ0v) is 6.27. The number of hydrogen-bond acceptors (Lipinski definition) is 1. The molecule has 1 radical (unpaired) electrons. The fraction of sp³-hybridized carbons (Fsp3) is 0.875. The predicted molar refractivity (Wildman–Crippen MR) is 50.1 cm³/mol. The summed E-state index contributed by atoms with van der Waals surface area (Å²) in [5.41, 5.74) is 0. The van der Waals surface area contributed by atoms with E-state index in [4.69, 9.17) is 5.11 Å². The molecular weight excluding hydrogens is 139 g/mol. The molecule has 0 bridgehead atoms. The number of rotatable bonds is 5. The van der Waals surface area contributed by atoms with Crippen molar-refractivity contribution in [2.24, 2.45) is 0 Å². The van der Waals surface area contributed by atoms with Gasteiger partial charge in [0.15, 0.2) is 17.4 Å². The van der Waals surface area contributed by atoms with E-state index in [0.717, 1.165) is 32.1 Å². The van der Waals surface area contributed by atoms with Gasteiger partial charge in [0, 0.05) is 0 Å². The SMILES string of the molecule is [AlH3].[CH2]CCCC(O)CCC. The van der Waals surface area contributed by atoms with Crippen molar-refractivity contribution in [1.29, 1.82) is 0 Å². The van der Waals surface area contributed by atoms with Crippen molar-refractivity contribution in [2.75, 3.05) is 0 Å². The van der Waals surface area contributed by atoms with Gasteiger partial charge in [0.05, 0.1) is 6.10 Å². The van der Waals surface area contributed by atoms with Gasteiger partial charge in [-0.2, -0.15) is 0 Å². The van der Waals surface area contributed by atoms with Gasteiger partial charge in [-0.3, -0.25) is 0 Å². The van der Waals surface area contributed by atoms with E-state index in [2.05, 4.69) is 13.8 Å². The minimum Gasteiger partial charge on any atom is -0.393 e. The van der Waals surface area contributed by atoms with Crippen molar-refractivity contribution in [3.63, 3.8) is 0 Å². The molecule has 1 unspecified atom stereocenters. The molecule has 61 valence electrons. The van der Waals surface area contributed by atoms with Crippen molar-refractivity contribution in [1.82, 2.24) is 0 Å². The molecule has 0 aliphatic rings. The molecule has 0 aromatic heterocycles. The molecule has 0 aromatic carbocycles. The van der Waals surface area contributed by atoms with Crippen LogP contribution in [0.15, 0.2) is 0 Å². The largest absolute Gasteiger partial charge is 0.393 e. The predicted octanol–water partition coefficient (Wildman–Crippen LogP) is 0.968. The Morgan fingerprint density at radius 2 is 2.00 bits per heavy atom. The van der Waals surface area contributed by atoms with E-state index in [9.17, 15) is 0 Å². The monoisotopic (exact) mass is 159 g/mol. The highest BCUT2D eigenvalue weighted by atomic mass is 27.0. The first-order valence-corrected chi connectivity index (χ1v) is 3.78. The average Bonchev–Trinajstić information content (AvgIpc) is 1.85. The molecule has 0 heterocycles. The Labute approximate surface area is 75.0 Å². The summed E-state index contributed by atoms with van der Waals surface area (Å²) in [7, 11) is 0. The van der Waals surface area contributed by atoms with Crippen molar-refractivity contribution < 1.29 is 5.11 Å². The summed E-state index contributed by atoms with van der Waals surface area (Å²) in [5, 5.41) is 9.15. The first-order valence-electron chi connectivity index (χ1n) is 3.78. The van der Waals surface area contributed by atoms with Crippen LogP contribution in [0.3, 0.4) is 0 Å². The maximum absolute atomic E-state index is 9.15. The molecule has 0 rings (SSSR count). The van der Waals surface area contributed by atoms with Crippen molar-refractivity contribution in [2.45, 2.75) is 45.1 Å². The van der Waals surface area contributed by atoms with E-state index < -0.39 is 0 Å². The van der Waals surface area contributed by atoms with Crippen LogP contribution < -0.4 is 0 Å². The molecule has 0 saturated carbocycles. The van der Waals surface area contributed by atoms with Crippen LogP contribution in [0.4, 0.5) is 0 Å². The van der Waals surface area contributed by atoms with E-state index in [1.54, 1.807) is 0 Å². The minimum absolute atomic E-state index is 0. The number of hydrogen-bond donors (Lipinski definition) is 1. The molecule has 0 aliphatic heterocycles. The van der Waals surface area contributed by atoms with Crippen LogP contribution in [0.25, 0.3) is 0 Å². The maximum atomic E-state index is 9.15. The van der Waals surface area contributed by atoms with Crippen LogP contribution in [0, 0.1) is 6.92 Å². The minimum atomic E-state index is -0.0725. The quantitative estimate of drug-likeness (QED) is 0.593. The zero-order valence-electron chi connectivity index (χ0n) is 6.27. The second-order valence-electron chi connectivity index (χ2n) is 2.44. The zero-order chi connectivity index (χ0) is 7.11. The normalized spacial score (nSPS) is 12.3. The van der Waals surface area contributed by atoms with Gasteiger partial charge in [-0.25, -0.2) is 0 Å². The lowest BCUT2D eigenvalue weighted by atomic mass is 10.1. The summed E-state index contributed by atoms with van der Waals surface area (Å²) in [5.74, 6) is 0. The summed E-state index contributed by atoms with van der Waals surface area (Å²) < 4.78 is 0. The first kappa shape index (κ1) is 13.1. The maximum Gasteiger partial charge on any atom is 0.187 e. The molecule has 0 aromatic rings. The van der Waals surface area contributed by atoms with Gasteiger partial charge in [-0.15, -0.1) is 0 Å². The Morgan fingerprint density at radius 3 is 2.40 bits per heavy atom.